The van der Waals surface area contributed by atoms with Crippen LogP contribution in [0.4, 0.5) is 0 Å². The lowest BCUT2D eigenvalue weighted by molar-refractivity contribution is -0.141. The third-order valence-corrected chi connectivity index (χ3v) is 3.61. The van der Waals surface area contributed by atoms with Crippen LogP contribution in [0.1, 0.15) is 45.4 Å². The number of aliphatic carboxylic acids is 1. The van der Waals surface area contributed by atoms with Crippen LogP contribution in [0.15, 0.2) is 0 Å². The molecule has 0 aromatic carbocycles. The minimum Gasteiger partial charge on any atom is -0.481 e. The SMILES string of the molecule is C[C@@H](CCC1CCC1)C[C@H](CN)C(=O)O. The van der Waals surface area contributed by atoms with Gasteiger partial charge in [0, 0.05) is 6.54 Å². The predicted octanol–water partition coefficient (Wildman–Crippen LogP) is 2.25. The Morgan fingerprint density at radius 1 is 1.53 bits per heavy atom. The third-order valence-electron chi connectivity index (χ3n) is 3.61. The van der Waals surface area contributed by atoms with Crippen LogP contribution < -0.4 is 5.73 Å². The number of hydrogen-bond donors (Lipinski definition) is 2. The van der Waals surface area contributed by atoms with Crippen molar-refractivity contribution in [1.29, 1.82) is 0 Å². The molecule has 88 valence electrons. The van der Waals surface area contributed by atoms with Crippen LogP contribution >= 0.6 is 0 Å². The number of carboxylic acids is 1. The number of carboxylic acid groups (broad SMARTS) is 1. The van der Waals surface area contributed by atoms with Gasteiger partial charge in [0.2, 0.25) is 0 Å². The molecular weight excluding hydrogens is 190 g/mol. The van der Waals surface area contributed by atoms with Gasteiger partial charge in [-0.3, -0.25) is 4.79 Å². The summed E-state index contributed by atoms with van der Waals surface area (Å²) in [7, 11) is 0. The summed E-state index contributed by atoms with van der Waals surface area (Å²) in [6.45, 7) is 2.41. The molecule has 0 heterocycles. The first kappa shape index (κ1) is 12.5. The molecule has 0 amide bonds. The fourth-order valence-electron chi connectivity index (χ4n) is 2.20. The Bertz CT molecular complexity index is 202. The van der Waals surface area contributed by atoms with Crippen molar-refractivity contribution >= 4 is 5.97 Å². The third kappa shape index (κ3) is 4.20. The monoisotopic (exact) mass is 213 g/mol. The van der Waals surface area contributed by atoms with E-state index in [9.17, 15) is 4.79 Å². The molecule has 0 aliphatic heterocycles. The Hall–Kier alpha value is -0.570. The van der Waals surface area contributed by atoms with E-state index in [1.165, 1.54) is 25.7 Å². The van der Waals surface area contributed by atoms with Crippen LogP contribution in [-0.2, 0) is 4.79 Å². The lowest BCUT2D eigenvalue weighted by Gasteiger charge is -2.27. The van der Waals surface area contributed by atoms with E-state index in [0.29, 0.717) is 5.92 Å². The molecule has 1 aliphatic carbocycles. The highest BCUT2D eigenvalue weighted by atomic mass is 16.4. The van der Waals surface area contributed by atoms with Crippen LogP contribution in [0, 0.1) is 17.8 Å². The van der Waals surface area contributed by atoms with Crippen molar-refractivity contribution in [3.8, 4) is 0 Å². The second kappa shape index (κ2) is 6.11. The maximum Gasteiger partial charge on any atom is 0.307 e. The van der Waals surface area contributed by atoms with Crippen molar-refractivity contribution < 1.29 is 9.90 Å². The van der Waals surface area contributed by atoms with Crippen LogP contribution in [0.2, 0.25) is 0 Å². The van der Waals surface area contributed by atoms with Gasteiger partial charge < -0.3 is 10.8 Å². The molecule has 1 aliphatic rings. The molecule has 0 radical (unpaired) electrons. The zero-order chi connectivity index (χ0) is 11.3. The average Bonchev–Trinajstić information content (AvgIpc) is 2.11. The van der Waals surface area contributed by atoms with Gasteiger partial charge in [0.25, 0.3) is 0 Å². The summed E-state index contributed by atoms with van der Waals surface area (Å²) >= 11 is 0. The number of nitrogens with two attached hydrogens (primary N) is 1. The highest BCUT2D eigenvalue weighted by molar-refractivity contribution is 5.70. The van der Waals surface area contributed by atoms with Crippen LogP contribution in [0.5, 0.6) is 0 Å². The van der Waals surface area contributed by atoms with E-state index >= 15 is 0 Å². The van der Waals surface area contributed by atoms with Crippen molar-refractivity contribution in [3.05, 3.63) is 0 Å². The molecule has 0 aromatic rings. The smallest absolute Gasteiger partial charge is 0.307 e. The summed E-state index contributed by atoms with van der Waals surface area (Å²) in [6.07, 6.45) is 7.32. The molecule has 0 aromatic heterocycles. The molecule has 1 fully saturated rings. The standard InChI is InChI=1S/C12H23NO2/c1-9(5-6-10-3-2-4-10)7-11(8-13)12(14)15/h9-11H,2-8,13H2,1H3,(H,14,15)/t9-,11+/m0/s1. The normalized spacial score (nSPS) is 20.7. The van der Waals surface area contributed by atoms with Crippen LogP contribution in [-0.4, -0.2) is 17.6 Å². The molecule has 2 atom stereocenters. The van der Waals surface area contributed by atoms with E-state index in [4.69, 9.17) is 10.8 Å². The zero-order valence-corrected chi connectivity index (χ0v) is 9.61. The van der Waals surface area contributed by atoms with E-state index in [1.807, 2.05) is 0 Å². The molecule has 1 rings (SSSR count). The summed E-state index contributed by atoms with van der Waals surface area (Å²) in [5, 5.41) is 8.88. The molecule has 15 heavy (non-hydrogen) atoms. The lowest BCUT2D eigenvalue weighted by atomic mass is 9.79. The summed E-state index contributed by atoms with van der Waals surface area (Å²) in [4.78, 5) is 10.8. The molecule has 3 N–H and O–H groups in total. The Balaban J connectivity index is 2.15. The molecule has 3 heteroatoms. The van der Waals surface area contributed by atoms with Gasteiger partial charge in [-0.2, -0.15) is 0 Å². The molecule has 0 bridgehead atoms. The molecule has 1 saturated carbocycles. The molecule has 0 unspecified atom stereocenters. The summed E-state index contributed by atoms with van der Waals surface area (Å²) in [5.74, 6) is 0.332. The van der Waals surface area contributed by atoms with Crippen molar-refractivity contribution in [3.63, 3.8) is 0 Å². The number of rotatable bonds is 7. The second-order valence-electron chi connectivity index (χ2n) is 4.99. The Morgan fingerprint density at radius 3 is 2.60 bits per heavy atom. The molecule has 0 saturated heterocycles. The Labute approximate surface area is 92.0 Å². The van der Waals surface area contributed by atoms with Crippen molar-refractivity contribution in [2.75, 3.05) is 6.54 Å². The minimum atomic E-state index is -0.743. The first-order valence-corrected chi connectivity index (χ1v) is 6.06. The van der Waals surface area contributed by atoms with E-state index in [1.54, 1.807) is 0 Å². The van der Waals surface area contributed by atoms with Gasteiger partial charge in [0.15, 0.2) is 0 Å². The number of hydrogen-bond acceptors (Lipinski definition) is 2. The van der Waals surface area contributed by atoms with Crippen LogP contribution in [0.25, 0.3) is 0 Å². The topological polar surface area (TPSA) is 63.3 Å². The van der Waals surface area contributed by atoms with Gasteiger partial charge in [-0.1, -0.05) is 39.0 Å². The molecule has 0 spiro atoms. The van der Waals surface area contributed by atoms with E-state index in [-0.39, 0.29) is 12.5 Å². The largest absolute Gasteiger partial charge is 0.481 e. The number of carbonyl (C=O) groups is 1. The Kier molecular flexibility index (Phi) is 5.09. The highest BCUT2D eigenvalue weighted by Crippen LogP contribution is 2.32. The average molecular weight is 213 g/mol. The summed E-state index contributed by atoms with van der Waals surface area (Å²) in [6, 6.07) is 0. The van der Waals surface area contributed by atoms with Gasteiger partial charge in [-0.05, 0) is 18.3 Å². The first-order valence-electron chi connectivity index (χ1n) is 6.06. The zero-order valence-electron chi connectivity index (χ0n) is 9.61. The highest BCUT2D eigenvalue weighted by Gasteiger charge is 2.21. The van der Waals surface area contributed by atoms with Gasteiger partial charge >= 0.3 is 5.97 Å². The lowest BCUT2D eigenvalue weighted by Crippen LogP contribution is -2.25. The fraction of sp³-hybridized carbons (Fsp3) is 0.917. The van der Waals surface area contributed by atoms with Crippen molar-refractivity contribution in [2.24, 2.45) is 23.5 Å². The summed E-state index contributed by atoms with van der Waals surface area (Å²) in [5.41, 5.74) is 5.43. The van der Waals surface area contributed by atoms with Crippen molar-refractivity contribution in [2.45, 2.75) is 45.4 Å². The van der Waals surface area contributed by atoms with E-state index < -0.39 is 5.97 Å². The fourth-order valence-corrected chi connectivity index (χ4v) is 2.20. The predicted molar refractivity (Wildman–Crippen MR) is 60.5 cm³/mol. The van der Waals surface area contributed by atoms with Gasteiger partial charge in [0.1, 0.15) is 0 Å². The van der Waals surface area contributed by atoms with Gasteiger partial charge in [-0.15, -0.1) is 0 Å². The van der Waals surface area contributed by atoms with Crippen LogP contribution in [0.3, 0.4) is 0 Å². The quantitative estimate of drug-likeness (QED) is 0.681. The van der Waals surface area contributed by atoms with E-state index in [2.05, 4.69) is 6.92 Å². The van der Waals surface area contributed by atoms with Crippen molar-refractivity contribution in [1.82, 2.24) is 0 Å². The van der Waals surface area contributed by atoms with Gasteiger partial charge in [-0.25, -0.2) is 0 Å². The summed E-state index contributed by atoms with van der Waals surface area (Å²) < 4.78 is 0. The minimum absolute atomic E-state index is 0.267. The van der Waals surface area contributed by atoms with E-state index in [0.717, 1.165) is 18.8 Å². The maximum atomic E-state index is 10.8. The molecule has 3 nitrogen and oxygen atoms in total. The maximum absolute atomic E-state index is 10.8. The second-order valence-corrected chi connectivity index (χ2v) is 4.99. The van der Waals surface area contributed by atoms with Gasteiger partial charge in [0.05, 0.1) is 5.92 Å². The molecular formula is C12H23NO2. The first-order chi connectivity index (χ1) is 7.13. The Morgan fingerprint density at radius 2 is 2.20 bits per heavy atom.